The average molecular weight is 335 g/mol. The lowest BCUT2D eigenvalue weighted by molar-refractivity contribution is -0.136. The molecule has 2 rings (SSSR count). The molecule has 0 atom stereocenters. The van der Waals surface area contributed by atoms with E-state index in [1.807, 2.05) is 36.4 Å². The van der Waals surface area contributed by atoms with E-state index in [-0.39, 0.29) is 6.61 Å². The molecule has 0 bridgehead atoms. The lowest BCUT2D eigenvalue weighted by Crippen LogP contribution is -2.17. The Morgan fingerprint density at radius 3 is 2.55 bits per heavy atom. The second kappa shape index (κ2) is 7.10. The molecule has 3 nitrogen and oxygen atoms in total. The minimum Gasteiger partial charge on any atom is -0.482 e. The number of benzene rings is 2. The van der Waals surface area contributed by atoms with Gasteiger partial charge in [0.2, 0.25) is 0 Å². The summed E-state index contributed by atoms with van der Waals surface area (Å²) in [5.74, 6) is 0.760. The molecular weight excluding hydrogens is 320 g/mol. The number of carbonyl (C=O) groups is 1. The van der Waals surface area contributed by atoms with Crippen LogP contribution < -0.4 is 9.47 Å². The van der Waals surface area contributed by atoms with Crippen LogP contribution in [0.2, 0.25) is 0 Å². The minimum absolute atomic E-state index is 0.108. The minimum atomic E-state index is -0.422. The summed E-state index contributed by atoms with van der Waals surface area (Å²) in [5, 5.41) is 0. The third-order valence-corrected chi connectivity index (χ3v) is 3.24. The fourth-order valence-electron chi connectivity index (χ4n) is 1.66. The molecule has 0 amide bonds. The van der Waals surface area contributed by atoms with Gasteiger partial charge in [0.25, 0.3) is 0 Å². The summed E-state index contributed by atoms with van der Waals surface area (Å²) >= 11 is 3.32. The van der Waals surface area contributed by atoms with Crippen LogP contribution in [0.4, 0.5) is 0 Å². The molecule has 0 radical (unpaired) electrons. The zero-order valence-electron chi connectivity index (χ0n) is 11.1. The van der Waals surface area contributed by atoms with E-state index in [1.54, 1.807) is 12.1 Å². The maximum absolute atomic E-state index is 11.7. The second-order valence-corrected chi connectivity index (χ2v) is 5.13. The van der Waals surface area contributed by atoms with Gasteiger partial charge in [-0.05, 0) is 48.4 Å². The lowest BCUT2D eigenvalue weighted by Gasteiger charge is -2.07. The van der Waals surface area contributed by atoms with Gasteiger partial charge in [-0.2, -0.15) is 0 Å². The summed E-state index contributed by atoms with van der Waals surface area (Å²) in [7, 11) is 0. The predicted octanol–water partition coefficient (Wildman–Crippen LogP) is 4.00. The highest BCUT2D eigenvalue weighted by molar-refractivity contribution is 9.10. The van der Waals surface area contributed by atoms with Crippen molar-refractivity contribution in [1.82, 2.24) is 0 Å². The monoisotopic (exact) mass is 334 g/mol. The maximum atomic E-state index is 11.7. The molecule has 2 aromatic rings. The van der Waals surface area contributed by atoms with Gasteiger partial charge in [-0.3, -0.25) is 0 Å². The van der Waals surface area contributed by atoms with Gasteiger partial charge in [-0.1, -0.05) is 35.0 Å². The predicted molar refractivity (Wildman–Crippen MR) is 81.1 cm³/mol. The van der Waals surface area contributed by atoms with Gasteiger partial charge in [-0.25, -0.2) is 4.79 Å². The summed E-state index contributed by atoms with van der Waals surface area (Å²) in [6, 6.07) is 14.8. The smallest absolute Gasteiger partial charge is 0.349 e. The number of carbonyl (C=O) groups excluding carboxylic acids is 1. The summed E-state index contributed by atoms with van der Waals surface area (Å²) in [6.07, 6.45) is 0.931. The van der Waals surface area contributed by atoms with Crippen molar-refractivity contribution < 1.29 is 14.3 Å². The molecule has 0 aliphatic carbocycles. The molecule has 2 aromatic carbocycles. The van der Waals surface area contributed by atoms with Gasteiger partial charge in [0.1, 0.15) is 11.5 Å². The van der Waals surface area contributed by atoms with Crippen molar-refractivity contribution in [2.75, 3.05) is 6.61 Å². The Balaban J connectivity index is 1.87. The Bertz CT molecular complexity index is 579. The van der Waals surface area contributed by atoms with E-state index in [1.165, 1.54) is 5.56 Å². The Kier molecular flexibility index (Phi) is 5.18. The molecule has 0 unspecified atom stereocenters. The normalized spacial score (nSPS) is 10.1. The zero-order chi connectivity index (χ0) is 14.4. The van der Waals surface area contributed by atoms with E-state index in [0.717, 1.165) is 10.9 Å². The highest BCUT2D eigenvalue weighted by atomic mass is 79.9. The summed E-state index contributed by atoms with van der Waals surface area (Å²) in [4.78, 5) is 11.7. The Morgan fingerprint density at radius 1 is 1.10 bits per heavy atom. The third-order valence-electron chi connectivity index (χ3n) is 2.71. The number of halogens is 1. The standard InChI is InChI=1S/C16H15BrO3/c1-2-12-4-3-5-15(10-12)19-11-16(18)20-14-8-6-13(17)7-9-14/h3-10H,2,11H2,1H3. The van der Waals surface area contributed by atoms with Gasteiger partial charge >= 0.3 is 5.97 Å². The second-order valence-electron chi connectivity index (χ2n) is 4.22. The van der Waals surface area contributed by atoms with Crippen LogP contribution in [0.1, 0.15) is 12.5 Å². The van der Waals surface area contributed by atoms with Crippen molar-refractivity contribution >= 4 is 21.9 Å². The van der Waals surface area contributed by atoms with Crippen LogP contribution in [0.5, 0.6) is 11.5 Å². The molecule has 0 saturated heterocycles. The van der Waals surface area contributed by atoms with Gasteiger partial charge in [0.05, 0.1) is 0 Å². The molecule has 0 spiro atoms. The van der Waals surface area contributed by atoms with Crippen LogP contribution in [0, 0.1) is 0 Å². The number of hydrogen-bond acceptors (Lipinski definition) is 3. The van der Waals surface area contributed by atoms with Crippen molar-refractivity contribution in [2.45, 2.75) is 13.3 Å². The summed E-state index contributed by atoms with van der Waals surface area (Å²) in [6.45, 7) is 1.96. The highest BCUT2D eigenvalue weighted by Crippen LogP contribution is 2.17. The Labute approximate surface area is 126 Å². The van der Waals surface area contributed by atoms with Crippen molar-refractivity contribution in [2.24, 2.45) is 0 Å². The third kappa shape index (κ3) is 4.38. The van der Waals surface area contributed by atoms with E-state index in [4.69, 9.17) is 9.47 Å². The van der Waals surface area contributed by atoms with Crippen LogP contribution in [-0.2, 0) is 11.2 Å². The quantitative estimate of drug-likeness (QED) is 0.612. The number of rotatable bonds is 5. The molecule has 4 heteroatoms. The molecule has 0 heterocycles. The number of aryl methyl sites for hydroxylation is 1. The van der Waals surface area contributed by atoms with Crippen LogP contribution >= 0.6 is 15.9 Å². The number of hydrogen-bond donors (Lipinski definition) is 0. The largest absolute Gasteiger partial charge is 0.482 e. The van der Waals surface area contributed by atoms with Gasteiger partial charge in [-0.15, -0.1) is 0 Å². The first-order chi connectivity index (χ1) is 9.67. The van der Waals surface area contributed by atoms with Gasteiger partial charge in [0.15, 0.2) is 6.61 Å². The Hall–Kier alpha value is -1.81. The van der Waals surface area contributed by atoms with Crippen molar-refractivity contribution in [3.05, 3.63) is 58.6 Å². The first-order valence-corrected chi connectivity index (χ1v) is 7.14. The van der Waals surface area contributed by atoms with Crippen molar-refractivity contribution in [3.8, 4) is 11.5 Å². The SMILES string of the molecule is CCc1cccc(OCC(=O)Oc2ccc(Br)cc2)c1. The fourth-order valence-corrected chi connectivity index (χ4v) is 1.93. The zero-order valence-corrected chi connectivity index (χ0v) is 12.7. The number of ether oxygens (including phenoxy) is 2. The van der Waals surface area contributed by atoms with Crippen molar-refractivity contribution in [3.63, 3.8) is 0 Å². The van der Waals surface area contributed by atoms with E-state index in [2.05, 4.69) is 22.9 Å². The first-order valence-electron chi connectivity index (χ1n) is 6.35. The maximum Gasteiger partial charge on any atom is 0.349 e. The van der Waals surface area contributed by atoms with Gasteiger partial charge in [0, 0.05) is 4.47 Å². The van der Waals surface area contributed by atoms with E-state index in [9.17, 15) is 4.79 Å². The van der Waals surface area contributed by atoms with E-state index in [0.29, 0.717) is 11.5 Å². The molecule has 0 N–H and O–H groups in total. The molecule has 0 aliphatic heterocycles. The highest BCUT2D eigenvalue weighted by Gasteiger charge is 2.06. The fraction of sp³-hybridized carbons (Fsp3) is 0.188. The van der Waals surface area contributed by atoms with Crippen LogP contribution in [-0.4, -0.2) is 12.6 Å². The van der Waals surface area contributed by atoms with E-state index >= 15 is 0 Å². The average Bonchev–Trinajstić information content (AvgIpc) is 2.48. The number of esters is 1. The molecular formula is C16H15BrO3. The molecule has 20 heavy (non-hydrogen) atoms. The van der Waals surface area contributed by atoms with Gasteiger partial charge < -0.3 is 9.47 Å². The van der Waals surface area contributed by atoms with Crippen LogP contribution in [0.15, 0.2) is 53.0 Å². The lowest BCUT2D eigenvalue weighted by atomic mass is 10.2. The summed E-state index contributed by atoms with van der Waals surface area (Å²) < 4.78 is 11.5. The molecule has 104 valence electrons. The van der Waals surface area contributed by atoms with Crippen LogP contribution in [0.3, 0.4) is 0 Å². The summed E-state index contributed by atoms with van der Waals surface area (Å²) in [5.41, 5.74) is 1.17. The van der Waals surface area contributed by atoms with Crippen molar-refractivity contribution in [1.29, 1.82) is 0 Å². The molecule has 0 saturated carbocycles. The molecule has 0 aliphatic rings. The van der Waals surface area contributed by atoms with Crippen LogP contribution in [0.25, 0.3) is 0 Å². The van der Waals surface area contributed by atoms with E-state index < -0.39 is 5.97 Å². The topological polar surface area (TPSA) is 35.5 Å². The Morgan fingerprint density at radius 2 is 1.85 bits per heavy atom. The molecule has 0 aromatic heterocycles. The molecule has 0 fully saturated rings. The first kappa shape index (κ1) is 14.6.